The molecule has 0 bridgehead atoms. The summed E-state index contributed by atoms with van der Waals surface area (Å²) < 4.78 is 12.4. The van der Waals surface area contributed by atoms with E-state index in [2.05, 4.69) is 36.8 Å². The molecule has 0 atom stereocenters. The first-order valence-electron chi connectivity index (χ1n) is 5.85. The van der Waals surface area contributed by atoms with Crippen LogP contribution in [0, 0.1) is 0 Å². The lowest BCUT2D eigenvalue weighted by Crippen LogP contribution is -2.01. The van der Waals surface area contributed by atoms with Gasteiger partial charge in [0.05, 0.1) is 28.4 Å². The highest BCUT2D eigenvalue weighted by Crippen LogP contribution is 2.35. The summed E-state index contributed by atoms with van der Waals surface area (Å²) in [6.07, 6.45) is 0. The third-order valence-corrected chi connectivity index (χ3v) is 3.77. The van der Waals surface area contributed by atoms with Crippen molar-refractivity contribution >= 4 is 31.9 Å². The van der Waals surface area contributed by atoms with Gasteiger partial charge in [-0.25, -0.2) is 4.98 Å². The highest BCUT2D eigenvalue weighted by atomic mass is 79.9. The Hall–Kier alpha value is -1.11. The van der Waals surface area contributed by atoms with Crippen LogP contribution in [0.2, 0.25) is 0 Å². The fourth-order valence-corrected chi connectivity index (χ4v) is 3.15. The molecule has 0 radical (unpaired) electrons. The molecular formula is C14H13Br2NO3. The van der Waals surface area contributed by atoms with Gasteiger partial charge >= 0.3 is 0 Å². The molecule has 1 N–H and O–H groups in total. The van der Waals surface area contributed by atoms with Crippen LogP contribution < -0.4 is 9.47 Å². The zero-order chi connectivity index (χ0) is 14.5. The van der Waals surface area contributed by atoms with Gasteiger partial charge in [-0.05, 0) is 55.6 Å². The molecule has 1 aromatic carbocycles. The lowest BCUT2D eigenvalue weighted by molar-refractivity contribution is 0.279. The Bertz CT molecular complexity index is 582. The van der Waals surface area contributed by atoms with Crippen molar-refractivity contribution in [2.24, 2.45) is 0 Å². The van der Waals surface area contributed by atoms with E-state index in [4.69, 9.17) is 14.6 Å². The molecular weight excluding hydrogens is 390 g/mol. The number of aliphatic hydroxyl groups is 1. The van der Waals surface area contributed by atoms with E-state index >= 15 is 0 Å². The van der Waals surface area contributed by atoms with E-state index in [-0.39, 0.29) is 6.61 Å². The van der Waals surface area contributed by atoms with Gasteiger partial charge < -0.3 is 14.6 Å². The molecule has 4 nitrogen and oxygen atoms in total. The number of rotatable bonds is 5. The van der Waals surface area contributed by atoms with Crippen LogP contribution in [0.4, 0.5) is 0 Å². The molecule has 1 heterocycles. The van der Waals surface area contributed by atoms with Crippen molar-refractivity contribution in [2.75, 3.05) is 7.11 Å². The van der Waals surface area contributed by atoms with Crippen molar-refractivity contribution < 1.29 is 14.6 Å². The number of aliphatic hydroxyl groups excluding tert-OH is 1. The number of methoxy groups -OCH3 is 1. The Labute approximate surface area is 134 Å². The lowest BCUT2D eigenvalue weighted by Gasteiger charge is -2.11. The van der Waals surface area contributed by atoms with Gasteiger partial charge in [0.15, 0.2) is 0 Å². The molecule has 2 aromatic rings. The highest BCUT2D eigenvalue weighted by molar-refractivity contribution is 9.11. The number of halogens is 2. The number of ether oxygens (including phenoxy) is 2. The van der Waals surface area contributed by atoms with Gasteiger partial charge in [-0.15, -0.1) is 0 Å². The maximum Gasteiger partial charge on any atom is 0.213 e. The second-order valence-electron chi connectivity index (χ2n) is 4.01. The van der Waals surface area contributed by atoms with Crippen molar-refractivity contribution in [2.45, 2.75) is 13.2 Å². The summed E-state index contributed by atoms with van der Waals surface area (Å²) in [5.74, 6) is 1.23. The molecule has 0 aliphatic heterocycles. The summed E-state index contributed by atoms with van der Waals surface area (Å²) in [6, 6.07) is 9.15. The van der Waals surface area contributed by atoms with Gasteiger partial charge in [0.25, 0.3) is 0 Å². The predicted molar refractivity (Wildman–Crippen MR) is 82.9 cm³/mol. The molecule has 1 aromatic heterocycles. The molecule has 0 saturated carbocycles. The third-order valence-electron chi connectivity index (χ3n) is 2.60. The molecule has 106 valence electrons. The minimum atomic E-state index is -0.0189. The summed E-state index contributed by atoms with van der Waals surface area (Å²) >= 11 is 6.86. The number of hydrogen-bond acceptors (Lipinski definition) is 4. The maximum atomic E-state index is 9.14. The minimum Gasteiger partial charge on any atom is -0.485 e. The van der Waals surface area contributed by atoms with Crippen LogP contribution in [-0.4, -0.2) is 17.2 Å². The first kappa shape index (κ1) is 15.3. The lowest BCUT2D eigenvalue weighted by atomic mass is 10.2. The summed E-state index contributed by atoms with van der Waals surface area (Å²) in [4.78, 5) is 4.28. The fourth-order valence-electron chi connectivity index (χ4n) is 1.64. The van der Waals surface area contributed by atoms with Crippen molar-refractivity contribution in [3.8, 4) is 11.6 Å². The predicted octanol–water partition coefficient (Wildman–Crippen LogP) is 3.69. The first-order valence-corrected chi connectivity index (χ1v) is 7.44. The largest absolute Gasteiger partial charge is 0.485 e. The van der Waals surface area contributed by atoms with E-state index in [0.717, 1.165) is 20.2 Å². The van der Waals surface area contributed by atoms with Gasteiger partial charge in [-0.2, -0.15) is 0 Å². The normalized spacial score (nSPS) is 10.4. The number of nitrogens with zero attached hydrogens (tertiary/aromatic N) is 1. The zero-order valence-corrected chi connectivity index (χ0v) is 13.9. The van der Waals surface area contributed by atoms with E-state index in [1.54, 1.807) is 13.2 Å². The Morgan fingerprint density at radius 2 is 1.90 bits per heavy atom. The van der Waals surface area contributed by atoms with E-state index < -0.39 is 0 Å². The Balaban J connectivity index is 2.14. The monoisotopic (exact) mass is 401 g/mol. The maximum absolute atomic E-state index is 9.14. The number of aromatic nitrogens is 1. The average Bonchev–Trinajstić information content (AvgIpc) is 2.46. The smallest absolute Gasteiger partial charge is 0.213 e. The van der Waals surface area contributed by atoms with Crippen LogP contribution in [0.3, 0.4) is 0 Å². The summed E-state index contributed by atoms with van der Waals surface area (Å²) in [7, 11) is 1.58. The van der Waals surface area contributed by atoms with E-state index in [9.17, 15) is 0 Å². The fraction of sp³-hybridized carbons (Fsp3) is 0.214. The quantitative estimate of drug-likeness (QED) is 0.828. The van der Waals surface area contributed by atoms with Gasteiger partial charge in [0.2, 0.25) is 5.88 Å². The van der Waals surface area contributed by atoms with Crippen LogP contribution in [0.5, 0.6) is 11.6 Å². The Morgan fingerprint density at radius 3 is 2.50 bits per heavy atom. The van der Waals surface area contributed by atoms with E-state index in [0.29, 0.717) is 18.2 Å². The molecule has 0 spiro atoms. The highest BCUT2D eigenvalue weighted by Gasteiger charge is 2.09. The summed E-state index contributed by atoms with van der Waals surface area (Å²) in [5.41, 5.74) is 1.57. The standard InChI is InChI=1S/C14H13Br2NO3/c1-19-13-4-2-3-10(17-13)8-20-14-11(15)5-9(7-18)6-12(14)16/h2-6,18H,7-8H2,1H3. The molecule has 0 aliphatic rings. The number of pyridine rings is 1. The second-order valence-corrected chi connectivity index (χ2v) is 5.72. The summed E-state index contributed by atoms with van der Waals surface area (Å²) in [6.45, 7) is 0.307. The van der Waals surface area contributed by atoms with Gasteiger partial charge in [0.1, 0.15) is 12.4 Å². The molecule has 20 heavy (non-hydrogen) atoms. The zero-order valence-electron chi connectivity index (χ0n) is 10.8. The molecule has 2 rings (SSSR count). The van der Waals surface area contributed by atoms with Crippen molar-refractivity contribution in [3.63, 3.8) is 0 Å². The Morgan fingerprint density at radius 1 is 1.20 bits per heavy atom. The van der Waals surface area contributed by atoms with Gasteiger partial charge in [-0.1, -0.05) is 6.07 Å². The number of hydrogen-bond donors (Lipinski definition) is 1. The topological polar surface area (TPSA) is 51.6 Å². The molecule has 6 heteroatoms. The van der Waals surface area contributed by atoms with E-state index in [1.807, 2.05) is 24.3 Å². The van der Waals surface area contributed by atoms with Gasteiger partial charge in [-0.3, -0.25) is 0 Å². The SMILES string of the molecule is COc1cccc(COc2c(Br)cc(CO)cc2Br)n1. The van der Waals surface area contributed by atoms with Crippen molar-refractivity contribution in [1.82, 2.24) is 4.98 Å². The second kappa shape index (κ2) is 7.06. The molecule has 0 aliphatic carbocycles. The van der Waals surface area contributed by atoms with Crippen LogP contribution in [0.25, 0.3) is 0 Å². The average molecular weight is 403 g/mol. The number of benzene rings is 1. The molecule has 0 amide bonds. The first-order chi connectivity index (χ1) is 9.63. The van der Waals surface area contributed by atoms with Crippen LogP contribution >= 0.6 is 31.9 Å². The molecule has 0 saturated heterocycles. The van der Waals surface area contributed by atoms with Gasteiger partial charge in [0, 0.05) is 6.07 Å². The van der Waals surface area contributed by atoms with Crippen molar-refractivity contribution in [1.29, 1.82) is 0 Å². The molecule has 0 unspecified atom stereocenters. The van der Waals surface area contributed by atoms with Crippen LogP contribution in [0.1, 0.15) is 11.3 Å². The molecule has 0 fully saturated rings. The summed E-state index contributed by atoms with van der Waals surface area (Å²) in [5, 5.41) is 9.14. The van der Waals surface area contributed by atoms with E-state index in [1.165, 1.54) is 0 Å². The third kappa shape index (κ3) is 3.71. The minimum absolute atomic E-state index is 0.0189. The van der Waals surface area contributed by atoms with Crippen molar-refractivity contribution in [3.05, 3.63) is 50.5 Å². The van der Waals surface area contributed by atoms with Crippen LogP contribution in [-0.2, 0) is 13.2 Å². The Kier molecular flexibility index (Phi) is 5.39. The van der Waals surface area contributed by atoms with Crippen LogP contribution in [0.15, 0.2) is 39.3 Å².